The number of halogens is 1. The molecule has 0 aliphatic carbocycles. The minimum atomic E-state index is -3.92. The highest BCUT2D eigenvalue weighted by atomic mass is 35.5. The standard InChI is InChI=1S/C20H25ClN2O3S/c1-14(2)16(4)22-20(24)13-23(18-7-5-6-15(3)12-18)27(25,26)19-10-8-17(21)9-11-19/h5-12,14,16H,13H2,1-4H3,(H,22,24)/t16-/m0/s1. The molecular weight excluding hydrogens is 384 g/mol. The predicted octanol–water partition coefficient (Wildman–Crippen LogP) is 4.00. The second-order valence-corrected chi connectivity index (χ2v) is 9.20. The van der Waals surface area contributed by atoms with Crippen LogP contribution in [-0.2, 0) is 14.8 Å². The molecule has 0 saturated heterocycles. The van der Waals surface area contributed by atoms with Gasteiger partial charge in [0.1, 0.15) is 6.54 Å². The molecule has 0 heterocycles. The van der Waals surface area contributed by atoms with Crippen LogP contribution in [0.3, 0.4) is 0 Å². The maximum atomic E-state index is 13.2. The summed E-state index contributed by atoms with van der Waals surface area (Å²) in [6.45, 7) is 7.46. The summed E-state index contributed by atoms with van der Waals surface area (Å²) in [5.41, 5.74) is 1.34. The number of aryl methyl sites for hydroxylation is 1. The molecule has 146 valence electrons. The van der Waals surface area contributed by atoms with Gasteiger partial charge in [-0.2, -0.15) is 0 Å². The third-order valence-electron chi connectivity index (χ3n) is 4.37. The number of amides is 1. The summed E-state index contributed by atoms with van der Waals surface area (Å²) in [5, 5.41) is 3.30. The lowest BCUT2D eigenvalue weighted by molar-refractivity contribution is -0.120. The maximum Gasteiger partial charge on any atom is 0.264 e. The summed E-state index contributed by atoms with van der Waals surface area (Å²) in [5.74, 6) is -0.107. The molecule has 2 rings (SSSR count). The summed E-state index contributed by atoms with van der Waals surface area (Å²) in [6, 6.07) is 12.9. The molecule has 0 saturated carbocycles. The Kier molecular flexibility index (Phi) is 6.89. The quantitative estimate of drug-likeness (QED) is 0.752. The topological polar surface area (TPSA) is 66.5 Å². The molecule has 0 unspecified atom stereocenters. The molecule has 0 aliphatic rings. The summed E-state index contributed by atoms with van der Waals surface area (Å²) >= 11 is 5.88. The van der Waals surface area contributed by atoms with Gasteiger partial charge in [-0.05, 0) is 61.7 Å². The fourth-order valence-corrected chi connectivity index (χ4v) is 3.97. The molecule has 0 radical (unpaired) electrons. The first-order valence-electron chi connectivity index (χ1n) is 8.75. The fourth-order valence-electron chi connectivity index (χ4n) is 2.43. The van der Waals surface area contributed by atoms with Gasteiger partial charge in [-0.15, -0.1) is 0 Å². The Hall–Kier alpha value is -2.05. The number of hydrogen-bond donors (Lipinski definition) is 1. The average molecular weight is 409 g/mol. The second kappa shape index (κ2) is 8.76. The average Bonchev–Trinajstić information content (AvgIpc) is 2.59. The summed E-state index contributed by atoms with van der Waals surface area (Å²) in [7, 11) is -3.92. The number of anilines is 1. The van der Waals surface area contributed by atoms with Crippen LogP contribution >= 0.6 is 11.6 Å². The van der Waals surface area contributed by atoms with Crippen LogP contribution < -0.4 is 9.62 Å². The van der Waals surface area contributed by atoms with Crippen LogP contribution in [0, 0.1) is 12.8 Å². The van der Waals surface area contributed by atoms with Gasteiger partial charge in [-0.25, -0.2) is 8.42 Å². The van der Waals surface area contributed by atoms with Gasteiger partial charge in [0.15, 0.2) is 0 Å². The van der Waals surface area contributed by atoms with Crippen molar-refractivity contribution in [2.75, 3.05) is 10.8 Å². The van der Waals surface area contributed by atoms with Gasteiger partial charge >= 0.3 is 0 Å². The van der Waals surface area contributed by atoms with Gasteiger partial charge in [0.2, 0.25) is 5.91 Å². The van der Waals surface area contributed by atoms with E-state index in [4.69, 9.17) is 11.6 Å². The van der Waals surface area contributed by atoms with Gasteiger partial charge in [-0.3, -0.25) is 9.10 Å². The van der Waals surface area contributed by atoms with Gasteiger partial charge in [0.05, 0.1) is 10.6 Å². The van der Waals surface area contributed by atoms with Crippen molar-refractivity contribution in [1.29, 1.82) is 0 Å². The third kappa shape index (κ3) is 5.47. The fraction of sp³-hybridized carbons (Fsp3) is 0.350. The molecule has 7 heteroatoms. The molecule has 27 heavy (non-hydrogen) atoms. The van der Waals surface area contributed by atoms with E-state index in [1.165, 1.54) is 24.3 Å². The molecule has 0 spiro atoms. The first kappa shape index (κ1) is 21.3. The number of sulfonamides is 1. The van der Waals surface area contributed by atoms with Crippen LogP contribution in [0.25, 0.3) is 0 Å². The minimum absolute atomic E-state index is 0.0601. The lowest BCUT2D eigenvalue weighted by Gasteiger charge is -2.26. The molecule has 2 aromatic rings. The van der Waals surface area contributed by atoms with Gasteiger partial charge in [0.25, 0.3) is 10.0 Å². The molecule has 0 bridgehead atoms. The Morgan fingerprint density at radius 3 is 2.30 bits per heavy atom. The molecule has 0 fully saturated rings. The largest absolute Gasteiger partial charge is 0.352 e. The van der Waals surface area contributed by atoms with Crippen molar-refractivity contribution >= 4 is 33.2 Å². The minimum Gasteiger partial charge on any atom is -0.352 e. The van der Waals surface area contributed by atoms with Crippen LogP contribution in [-0.4, -0.2) is 26.9 Å². The van der Waals surface area contributed by atoms with Crippen molar-refractivity contribution in [3.63, 3.8) is 0 Å². The monoisotopic (exact) mass is 408 g/mol. The Balaban J connectivity index is 2.41. The number of carbonyl (C=O) groups excluding carboxylic acids is 1. The molecule has 0 aromatic heterocycles. The predicted molar refractivity (Wildman–Crippen MR) is 110 cm³/mol. The summed E-state index contributed by atoms with van der Waals surface area (Å²) in [6.07, 6.45) is 0. The molecular formula is C20H25ClN2O3S. The van der Waals surface area contributed by atoms with E-state index in [2.05, 4.69) is 5.32 Å². The summed E-state index contributed by atoms with van der Waals surface area (Å²) in [4.78, 5) is 12.6. The van der Waals surface area contributed by atoms with E-state index in [9.17, 15) is 13.2 Å². The number of carbonyl (C=O) groups is 1. The normalized spacial score (nSPS) is 12.7. The number of nitrogens with zero attached hydrogens (tertiary/aromatic N) is 1. The van der Waals surface area contributed by atoms with E-state index in [-0.39, 0.29) is 29.3 Å². The molecule has 2 aromatic carbocycles. The Bertz CT molecular complexity index is 896. The zero-order valence-electron chi connectivity index (χ0n) is 15.9. The van der Waals surface area contributed by atoms with Crippen molar-refractivity contribution in [3.05, 3.63) is 59.1 Å². The maximum absolute atomic E-state index is 13.2. The SMILES string of the molecule is Cc1cccc(N(CC(=O)N[C@@H](C)C(C)C)S(=O)(=O)c2ccc(Cl)cc2)c1. The number of hydrogen-bond acceptors (Lipinski definition) is 3. The van der Waals surface area contributed by atoms with Gasteiger partial charge in [0, 0.05) is 11.1 Å². The van der Waals surface area contributed by atoms with Crippen molar-refractivity contribution in [2.24, 2.45) is 5.92 Å². The van der Waals surface area contributed by atoms with Crippen LogP contribution in [0.15, 0.2) is 53.4 Å². The van der Waals surface area contributed by atoms with E-state index in [1.807, 2.05) is 33.8 Å². The highest BCUT2D eigenvalue weighted by Gasteiger charge is 2.27. The number of benzene rings is 2. The van der Waals surface area contributed by atoms with Crippen molar-refractivity contribution in [1.82, 2.24) is 5.32 Å². The van der Waals surface area contributed by atoms with E-state index in [0.717, 1.165) is 9.87 Å². The lowest BCUT2D eigenvalue weighted by Crippen LogP contribution is -2.45. The van der Waals surface area contributed by atoms with E-state index < -0.39 is 10.0 Å². The molecule has 1 amide bonds. The van der Waals surface area contributed by atoms with Crippen LogP contribution in [0.5, 0.6) is 0 Å². The van der Waals surface area contributed by atoms with E-state index in [1.54, 1.807) is 18.2 Å². The van der Waals surface area contributed by atoms with Crippen molar-refractivity contribution < 1.29 is 13.2 Å². The van der Waals surface area contributed by atoms with Gasteiger partial charge in [-0.1, -0.05) is 37.6 Å². The molecule has 1 N–H and O–H groups in total. The van der Waals surface area contributed by atoms with Crippen LogP contribution in [0.4, 0.5) is 5.69 Å². The summed E-state index contributed by atoms with van der Waals surface area (Å²) < 4.78 is 27.6. The highest BCUT2D eigenvalue weighted by Crippen LogP contribution is 2.25. The zero-order valence-corrected chi connectivity index (χ0v) is 17.5. The van der Waals surface area contributed by atoms with Crippen LogP contribution in [0.2, 0.25) is 5.02 Å². The second-order valence-electron chi connectivity index (χ2n) is 6.90. The van der Waals surface area contributed by atoms with Gasteiger partial charge < -0.3 is 5.32 Å². The molecule has 1 atom stereocenters. The van der Waals surface area contributed by atoms with Crippen molar-refractivity contribution in [2.45, 2.75) is 38.6 Å². The lowest BCUT2D eigenvalue weighted by atomic mass is 10.1. The number of rotatable bonds is 7. The van der Waals surface area contributed by atoms with Crippen LogP contribution in [0.1, 0.15) is 26.3 Å². The third-order valence-corrected chi connectivity index (χ3v) is 6.41. The van der Waals surface area contributed by atoms with Crippen molar-refractivity contribution in [3.8, 4) is 0 Å². The Morgan fingerprint density at radius 1 is 1.11 bits per heavy atom. The van der Waals surface area contributed by atoms with E-state index in [0.29, 0.717) is 10.7 Å². The Morgan fingerprint density at radius 2 is 1.74 bits per heavy atom. The highest BCUT2D eigenvalue weighted by molar-refractivity contribution is 7.92. The first-order valence-corrected chi connectivity index (χ1v) is 10.6. The first-order chi connectivity index (χ1) is 12.6. The smallest absolute Gasteiger partial charge is 0.264 e. The Labute approximate surface area is 166 Å². The van der Waals surface area contributed by atoms with E-state index >= 15 is 0 Å². The number of nitrogens with one attached hydrogen (secondary N) is 1. The molecule has 0 aliphatic heterocycles. The zero-order chi connectivity index (χ0) is 20.2. The molecule has 5 nitrogen and oxygen atoms in total.